The predicted molar refractivity (Wildman–Crippen MR) is 111 cm³/mol. The number of rotatable bonds is 2. The Morgan fingerprint density at radius 1 is 1.00 bits per heavy atom. The van der Waals surface area contributed by atoms with Crippen LogP contribution in [0.2, 0.25) is 0 Å². The van der Waals surface area contributed by atoms with Gasteiger partial charge in [0.1, 0.15) is 0 Å². The lowest BCUT2D eigenvalue weighted by Gasteiger charge is -2.38. The van der Waals surface area contributed by atoms with E-state index >= 15 is 0 Å². The number of aryl methyl sites for hydroxylation is 2. The van der Waals surface area contributed by atoms with Crippen LogP contribution < -0.4 is 5.32 Å². The highest BCUT2D eigenvalue weighted by Gasteiger charge is 2.39. The van der Waals surface area contributed by atoms with E-state index in [0.29, 0.717) is 11.5 Å². The first kappa shape index (κ1) is 15.9. The van der Waals surface area contributed by atoms with Crippen LogP contribution in [0.5, 0.6) is 0 Å². The van der Waals surface area contributed by atoms with Crippen LogP contribution in [-0.4, -0.2) is 11.1 Å². The Morgan fingerprint density at radius 3 is 2.71 bits per heavy atom. The lowest BCUT2D eigenvalue weighted by atomic mass is 9.75. The lowest BCUT2D eigenvalue weighted by Crippen LogP contribution is -2.29. The van der Waals surface area contributed by atoms with E-state index in [2.05, 4.69) is 47.8 Å². The van der Waals surface area contributed by atoms with Crippen LogP contribution in [-0.2, 0) is 12.8 Å². The van der Waals surface area contributed by atoms with Crippen molar-refractivity contribution in [3.8, 4) is 0 Å². The molecule has 3 aromatic carbocycles. The van der Waals surface area contributed by atoms with Crippen LogP contribution in [0, 0.1) is 5.92 Å². The number of carboxylic acid groups (broad SMARTS) is 1. The zero-order valence-corrected chi connectivity index (χ0v) is 15.5. The molecule has 6 rings (SSSR count). The third-order valence-electron chi connectivity index (χ3n) is 6.86. The van der Waals surface area contributed by atoms with Crippen LogP contribution in [0.3, 0.4) is 0 Å². The Labute approximate surface area is 163 Å². The molecule has 3 aromatic rings. The van der Waals surface area contributed by atoms with Gasteiger partial charge in [-0.1, -0.05) is 42.5 Å². The van der Waals surface area contributed by atoms with E-state index in [4.69, 9.17) is 0 Å². The minimum Gasteiger partial charge on any atom is -0.478 e. The predicted octanol–water partition coefficient (Wildman–Crippen LogP) is 5.46. The van der Waals surface area contributed by atoms with Crippen molar-refractivity contribution in [2.24, 2.45) is 5.92 Å². The van der Waals surface area contributed by atoms with Crippen LogP contribution in [0.15, 0.2) is 60.7 Å². The van der Waals surface area contributed by atoms with E-state index in [-0.39, 0.29) is 12.0 Å². The molecule has 28 heavy (non-hydrogen) atoms. The SMILES string of the molecule is O=C(O)c1ccc2c(c1)[C@H]1C=CC[C@H]1[C@@H](c1ccc3c4c(cccc14)CC3)N2. The molecule has 3 heteroatoms. The monoisotopic (exact) mass is 367 g/mol. The Morgan fingerprint density at radius 2 is 1.86 bits per heavy atom. The molecular weight excluding hydrogens is 346 g/mol. The second-order valence-corrected chi connectivity index (χ2v) is 8.24. The first-order valence-electron chi connectivity index (χ1n) is 10.0. The maximum atomic E-state index is 11.4. The number of hydrogen-bond donors (Lipinski definition) is 2. The van der Waals surface area contributed by atoms with Gasteiger partial charge < -0.3 is 10.4 Å². The summed E-state index contributed by atoms with van der Waals surface area (Å²) in [7, 11) is 0. The number of aromatic carboxylic acids is 1. The molecular formula is C25H21NO2. The van der Waals surface area contributed by atoms with Crippen molar-refractivity contribution >= 4 is 22.4 Å². The first-order valence-corrected chi connectivity index (χ1v) is 10.0. The van der Waals surface area contributed by atoms with E-state index in [1.807, 2.05) is 12.1 Å². The molecule has 1 heterocycles. The van der Waals surface area contributed by atoms with Crippen LogP contribution in [0.25, 0.3) is 10.8 Å². The molecule has 0 bridgehead atoms. The molecule has 0 saturated heterocycles. The number of benzene rings is 3. The molecule has 3 atom stereocenters. The van der Waals surface area contributed by atoms with Crippen molar-refractivity contribution < 1.29 is 9.90 Å². The fourth-order valence-electron chi connectivity index (χ4n) is 5.58. The Bertz CT molecular complexity index is 1170. The summed E-state index contributed by atoms with van der Waals surface area (Å²) in [5.41, 5.74) is 6.85. The average molecular weight is 367 g/mol. The van der Waals surface area contributed by atoms with Gasteiger partial charge in [0.25, 0.3) is 0 Å². The third-order valence-corrected chi connectivity index (χ3v) is 6.86. The van der Waals surface area contributed by atoms with E-state index in [0.717, 1.165) is 30.5 Å². The highest BCUT2D eigenvalue weighted by molar-refractivity contribution is 5.94. The molecule has 2 N–H and O–H groups in total. The van der Waals surface area contributed by atoms with Gasteiger partial charge in [-0.15, -0.1) is 0 Å². The minimum atomic E-state index is -0.865. The molecule has 0 amide bonds. The normalized spacial score (nSPS) is 24.1. The minimum absolute atomic E-state index is 0.230. The van der Waals surface area contributed by atoms with Crippen LogP contribution in [0.1, 0.15) is 51.0 Å². The van der Waals surface area contributed by atoms with E-state index in [9.17, 15) is 9.90 Å². The molecule has 0 fully saturated rings. The molecule has 0 aromatic heterocycles. The number of anilines is 1. The Balaban J connectivity index is 1.51. The summed E-state index contributed by atoms with van der Waals surface area (Å²) in [5, 5.41) is 16.0. The summed E-state index contributed by atoms with van der Waals surface area (Å²) in [4.78, 5) is 11.4. The summed E-state index contributed by atoms with van der Waals surface area (Å²) >= 11 is 0. The molecule has 0 spiro atoms. The van der Waals surface area contributed by atoms with Gasteiger partial charge in [0, 0.05) is 11.6 Å². The molecule has 3 aliphatic rings. The van der Waals surface area contributed by atoms with Gasteiger partial charge in [0.15, 0.2) is 0 Å². The van der Waals surface area contributed by atoms with Gasteiger partial charge in [0.05, 0.1) is 11.6 Å². The molecule has 1 aliphatic heterocycles. The zero-order chi connectivity index (χ0) is 18.8. The van der Waals surface area contributed by atoms with Crippen LogP contribution >= 0.6 is 0 Å². The van der Waals surface area contributed by atoms with E-state index in [1.54, 1.807) is 6.07 Å². The molecule has 0 unspecified atom stereocenters. The lowest BCUT2D eigenvalue weighted by molar-refractivity contribution is 0.0696. The standard InChI is InChI=1S/C25H21NO2/c27-25(28)16-10-12-22-21(13-16)17-4-2-6-19(17)24(26-22)20-11-9-15-8-7-14-3-1-5-18(20)23(14)15/h1-5,9-13,17,19,24,26H,6-8H2,(H,27,28)/t17-,19+,24-/m0/s1. The first-order chi connectivity index (χ1) is 13.7. The highest BCUT2D eigenvalue weighted by atomic mass is 16.4. The van der Waals surface area contributed by atoms with Gasteiger partial charge in [-0.05, 0) is 76.4 Å². The summed E-state index contributed by atoms with van der Waals surface area (Å²) in [6, 6.07) is 17.1. The fourth-order valence-corrected chi connectivity index (χ4v) is 5.58. The average Bonchev–Trinajstić information content (AvgIpc) is 3.36. The summed E-state index contributed by atoms with van der Waals surface area (Å²) in [5.74, 6) is -0.186. The van der Waals surface area contributed by atoms with Crippen molar-refractivity contribution in [3.63, 3.8) is 0 Å². The van der Waals surface area contributed by atoms with Crippen molar-refractivity contribution in [1.29, 1.82) is 0 Å². The number of carbonyl (C=O) groups is 1. The Kier molecular flexibility index (Phi) is 3.25. The van der Waals surface area contributed by atoms with Gasteiger partial charge in [-0.3, -0.25) is 0 Å². The zero-order valence-electron chi connectivity index (χ0n) is 15.5. The molecule has 138 valence electrons. The van der Waals surface area contributed by atoms with Gasteiger partial charge >= 0.3 is 5.97 Å². The highest BCUT2D eigenvalue weighted by Crippen LogP contribution is 2.51. The summed E-state index contributed by atoms with van der Waals surface area (Å²) in [6.45, 7) is 0. The van der Waals surface area contributed by atoms with Crippen LogP contribution in [0.4, 0.5) is 5.69 Å². The van der Waals surface area contributed by atoms with Crippen molar-refractivity contribution in [2.45, 2.75) is 31.2 Å². The van der Waals surface area contributed by atoms with Gasteiger partial charge in [0.2, 0.25) is 0 Å². The van der Waals surface area contributed by atoms with E-state index < -0.39 is 5.97 Å². The molecule has 2 aliphatic carbocycles. The number of fused-ring (bicyclic) bond motifs is 3. The third kappa shape index (κ3) is 2.13. The smallest absolute Gasteiger partial charge is 0.335 e. The fraction of sp³-hybridized carbons (Fsp3) is 0.240. The van der Waals surface area contributed by atoms with E-state index in [1.165, 1.54) is 27.5 Å². The van der Waals surface area contributed by atoms with Gasteiger partial charge in [-0.25, -0.2) is 4.79 Å². The largest absolute Gasteiger partial charge is 0.478 e. The summed E-state index contributed by atoms with van der Waals surface area (Å²) in [6.07, 6.45) is 7.82. The Hall–Kier alpha value is -3.07. The second-order valence-electron chi connectivity index (χ2n) is 8.24. The van der Waals surface area contributed by atoms with Crippen molar-refractivity contribution in [3.05, 3.63) is 88.5 Å². The number of hydrogen-bond acceptors (Lipinski definition) is 2. The number of allylic oxidation sites excluding steroid dienone is 2. The van der Waals surface area contributed by atoms with Crippen molar-refractivity contribution in [1.82, 2.24) is 0 Å². The molecule has 0 saturated carbocycles. The topological polar surface area (TPSA) is 49.3 Å². The number of nitrogens with one attached hydrogen (secondary N) is 1. The number of carboxylic acids is 1. The quantitative estimate of drug-likeness (QED) is 0.591. The van der Waals surface area contributed by atoms with Gasteiger partial charge in [-0.2, -0.15) is 0 Å². The van der Waals surface area contributed by atoms with Crippen molar-refractivity contribution in [2.75, 3.05) is 5.32 Å². The maximum absolute atomic E-state index is 11.4. The second kappa shape index (κ2) is 5.71. The molecule has 3 nitrogen and oxygen atoms in total. The molecule has 0 radical (unpaired) electrons. The summed E-state index contributed by atoms with van der Waals surface area (Å²) < 4.78 is 0. The maximum Gasteiger partial charge on any atom is 0.335 e.